The first-order valence-corrected chi connectivity index (χ1v) is 7.49. The molecule has 1 heterocycles. The lowest BCUT2D eigenvalue weighted by molar-refractivity contribution is -0.121. The van der Waals surface area contributed by atoms with Crippen molar-refractivity contribution in [2.45, 2.75) is 39.2 Å². The maximum Gasteiger partial charge on any atom is 0.341 e. The molecular formula is C14H19NO4S. The van der Waals surface area contributed by atoms with E-state index in [1.165, 1.54) is 23.3 Å². The molecule has 20 heavy (non-hydrogen) atoms. The largest absolute Gasteiger partial charge is 0.465 e. The van der Waals surface area contributed by atoms with Crippen molar-refractivity contribution in [3.8, 4) is 0 Å². The molecule has 0 bridgehead atoms. The van der Waals surface area contributed by atoms with Crippen LogP contribution >= 0.6 is 11.3 Å². The van der Waals surface area contributed by atoms with Gasteiger partial charge in [0.25, 0.3) is 5.91 Å². The molecule has 1 aliphatic carbocycles. The lowest BCUT2D eigenvalue weighted by atomic mass is 10.1. The zero-order valence-electron chi connectivity index (χ0n) is 11.9. The maximum absolute atomic E-state index is 11.9. The molecule has 0 aliphatic heterocycles. The minimum absolute atomic E-state index is 0.00540. The summed E-state index contributed by atoms with van der Waals surface area (Å²) >= 11 is 1.47. The molecule has 0 saturated heterocycles. The predicted molar refractivity (Wildman–Crippen MR) is 77.4 cm³/mol. The normalized spacial score (nSPS) is 13.4. The Balaban J connectivity index is 2.15. The molecule has 5 nitrogen and oxygen atoms in total. The summed E-state index contributed by atoms with van der Waals surface area (Å²) in [6.45, 7) is 3.72. The summed E-state index contributed by atoms with van der Waals surface area (Å²) in [5.41, 5.74) is 1.55. The summed E-state index contributed by atoms with van der Waals surface area (Å²) in [6, 6.07) is 0. The smallest absolute Gasteiger partial charge is 0.341 e. The standard InChI is InChI=1S/C14H19NO4S/c1-8(2)19-7-11(16)15-13-12(14(17)18-3)9-5-4-6-10(9)20-13/h8H,4-7H2,1-3H3,(H,15,16). The maximum atomic E-state index is 11.9. The molecule has 1 amide bonds. The van der Waals surface area contributed by atoms with Crippen LogP contribution in [0, 0.1) is 0 Å². The topological polar surface area (TPSA) is 64.6 Å². The molecule has 0 fully saturated rings. The van der Waals surface area contributed by atoms with Crippen LogP contribution in [0.2, 0.25) is 0 Å². The van der Waals surface area contributed by atoms with Gasteiger partial charge >= 0.3 is 5.97 Å². The van der Waals surface area contributed by atoms with E-state index in [4.69, 9.17) is 9.47 Å². The molecule has 2 rings (SSSR count). The Morgan fingerprint density at radius 1 is 1.35 bits per heavy atom. The zero-order chi connectivity index (χ0) is 14.7. The van der Waals surface area contributed by atoms with Crippen molar-refractivity contribution in [2.24, 2.45) is 0 Å². The first-order chi connectivity index (χ1) is 9.52. The second-order valence-corrected chi connectivity index (χ2v) is 6.07. The highest BCUT2D eigenvalue weighted by atomic mass is 32.1. The van der Waals surface area contributed by atoms with Crippen molar-refractivity contribution >= 4 is 28.2 Å². The third kappa shape index (κ3) is 3.19. The van der Waals surface area contributed by atoms with E-state index in [2.05, 4.69) is 5.32 Å². The number of carbonyl (C=O) groups excluding carboxylic acids is 2. The number of ether oxygens (including phenoxy) is 2. The number of hydrogen-bond acceptors (Lipinski definition) is 5. The Hall–Kier alpha value is -1.40. The molecule has 1 aromatic heterocycles. The third-order valence-electron chi connectivity index (χ3n) is 3.11. The molecular weight excluding hydrogens is 278 g/mol. The van der Waals surface area contributed by atoms with E-state index in [1.807, 2.05) is 13.8 Å². The van der Waals surface area contributed by atoms with Crippen LogP contribution in [0.25, 0.3) is 0 Å². The van der Waals surface area contributed by atoms with Crippen LogP contribution in [-0.4, -0.2) is 31.7 Å². The van der Waals surface area contributed by atoms with Gasteiger partial charge in [0.1, 0.15) is 11.6 Å². The van der Waals surface area contributed by atoms with Crippen molar-refractivity contribution in [1.29, 1.82) is 0 Å². The average Bonchev–Trinajstić information content (AvgIpc) is 2.95. The van der Waals surface area contributed by atoms with Gasteiger partial charge in [-0.2, -0.15) is 0 Å². The van der Waals surface area contributed by atoms with E-state index in [0.29, 0.717) is 10.6 Å². The van der Waals surface area contributed by atoms with E-state index >= 15 is 0 Å². The average molecular weight is 297 g/mol. The SMILES string of the molecule is COC(=O)c1c(NC(=O)COC(C)C)sc2c1CCC2. The number of aryl methyl sites for hydroxylation is 1. The highest BCUT2D eigenvalue weighted by Crippen LogP contribution is 2.39. The van der Waals surface area contributed by atoms with Gasteiger partial charge in [-0.05, 0) is 38.7 Å². The fourth-order valence-corrected chi connectivity index (χ4v) is 3.51. The van der Waals surface area contributed by atoms with E-state index < -0.39 is 0 Å². The van der Waals surface area contributed by atoms with Crippen LogP contribution in [0.3, 0.4) is 0 Å². The van der Waals surface area contributed by atoms with E-state index in [0.717, 1.165) is 24.8 Å². The quantitative estimate of drug-likeness (QED) is 0.848. The van der Waals surface area contributed by atoms with Crippen molar-refractivity contribution in [3.05, 3.63) is 16.0 Å². The van der Waals surface area contributed by atoms with Gasteiger partial charge in [-0.3, -0.25) is 4.79 Å². The molecule has 0 radical (unpaired) electrons. The second-order valence-electron chi connectivity index (χ2n) is 4.96. The molecule has 0 unspecified atom stereocenters. The number of methoxy groups -OCH3 is 1. The molecule has 6 heteroatoms. The Morgan fingerprint density at radius 3 is 2.75 bits per heavy atom. The first-order valence-electron chi connectivity index (χ1n) is 6.67. The van der Waals surface area contributed by atoms with Gasteiger partial charge in [0.2, 0.25) is 0 Å². The minimum Gasteiger partial charge on any atom is -0.465 e. The van der Waals surface area contributed by atoms with Crippen LogP contribution in [0.5, 0.6) is 0 Å². The lowest BCUT2D eigenvalue weighted by Gasteiger charge is -2.09. The number of amides is 1. The van der Waals surface area contributed by atoms with Gasteiger partial charge in [-0.25, -0.2) is 4.79 Å². The number of anilines is 1. The summed E-state index contributed by atoms with van der Waals surface area (Å²) in [7, 11) is 1.36. The van der Waals surface area contributed by atoms with Crippen molar-refractivity contribution in [2.75, 3.05) is 19.0 Å². The summed E-state index contributed by atoms with van der Waals surface area (Å²) in [5.74, 6) is -0.631. The van der Waals surface area contributed by atoms with Gasteiger partial charge < -0.3 is 14.8 Å². The van der Waals surface area contributed by atoms with Crippen molar-refractivity contribution < 1.29 is 19.1 Å². The Labute approximate surface area is 122 Å². The molecule has 1 aliphatic rings. The summed E-state index contributed by atoms with van der Waals surface area (Å²) in [6.07, 6.45) is 2.88. The van der Waals surface area contributed by atoms with Crippen LogP contribution in [0.4, 0.5) is 5.00 Å². The number of carbonyl (C=O) groups is 2. The molecule has 1 N–H and O–H groups in total. The summed E-state index contributed by atoms with van der Waals surface area (Å²) in [4.78, 5) is 24.9. The monoisotopic (exact) mass is 297 g/mol. The zero-order valence-corrected chi connectivity index (χ0v) is 12.8. The fraction of sp³-hybridized carbons (Fsp3) is 0.571. The Morgan fingerprint density at radius 2 is 2.10 bits per heavy atom. The van der Waals surface area contributed by atoms with Gasteiger partial charge in [-0.1, -0.05) is 0 Å². The van der Waals surface area contributed by atoms with Crippen LogP contribution < -0.4 is 5.32 Å². The molecule has 0 spiro atoms. The summed E-state index contributed by atoms with van der Waals surface area (Å²) in [5, 5.41) is 3.35. The highest BCUT2D eigenvalue weighted by molar-refractivity contribution is 7.17. The van der Waals surface area contributed by atoms with Crippen LogP contribution in [0.15, 0.2) is 0 Å². The van der Waals surface area contributed by atoms with Gasteiger partial charge in [0, 0.05) is 4.88 Å². The van der Waals surface area contributed by atoms with Crippen LogP contribution in [-0.2, 0) is 27.1 Å². The third-order valence-corrected chi connectivity index (χ3v) is 4.32. The Bertz CT molecular complexity index is 521. The van der Waals surface area contributed by atoms with E-state index in [-0.39, 0.29) is 24.6 Å². The van der Waals surface area contributed by atoms with E-state index in [9.17, 15) is 9.59 Å². The Kier molecular flexibility index (Phi) is 4.77. The highest BCUT2D eigenvalue weighted by Gasteiger charge is 2.27. The molecule has 1 aromatic rings. The number of nitrogens with one attached hydrogen (secondary N) is 1. The van der Waals surface area contributed by atoms with Crippen molar-refractivity contribution in [3.63, 3.8) is 0 Å². The second kappa shape index (κ2) is 6.37. The lowest BCUT2D eigenvalue weighted by Crippen LogP contribution is -2.21. The number of esters is 1. The number of rotatable bonds is 5. The number of fused-ring (bicyclic) bond motifs is 1. The molecule has 0 aromatic carbocycles. The van der Waals surface area contributed by atoms with Crippen LogP contribution in [0.1, 0.15) is 41.1 Å². The van der Waals surface area contributed by atoms with E-state index in [1.54, 1.807) is 0 Å². The molecule has 0 saturated carbocycles. The van der Waals surface area contributed by atoms with Gasteiger partial charge in [-0.15, -0.1) is 11.3 Å². The van der Waals surface area contributed by atoms with Gasteiger partial charge in [0.15, 0.2) is 0 Å². The first kappa shape index (κ1) is 15.0. The summed E-state index contributed by atoms with van der Waals surface area (Å²) < 4.78 is 10.1. The number of thiophene rings is 1. The predicted octanol–water partition coefficient (Wildman–Crippen LogP) is 2.39. The number of hydrogen-bond donors (Lipinski definition) is 1. The van der Waals surface area contributed by atoms with Gasteiger partial charge in [0.05, 0.1) is 18.8 Å². The van der Waals surface area contributed by atoms with Crippen molar-refractivity contribution in [1.82, 2.24) is 0 Å². The minimum atomic E-state index is -0.385. The molecule has 110 valence electrons. The molecule has 0 atom stereocenters. The fourth-order valence-electron chi connectivity index (χ4n) is 2.22.